The van der Waals surface area contributed by atoms with Gasteiger partial charge in [0.15, 0.2) is 11.5 Å². The van der Waals surface area contributed by atoms with Gasteiger partial charge in [-0.3, -0.25) is 0 Å². The van der Waals surface area contributed by atoms with Crippen molar-refractivity contribution in [2.75, 3.05) is 13.7 Å². The number of benzene rings is 1. The molecule has 1 unspecified atom stereocenters. The van der Waals surface area contributed by atoms with E-state index in [9.17, 15) is 4.79 Å². The third-order valence-electron chi connectivity index (χ3n) is 3.21. The van der Waals surface area contributed by atoms with Gasteiger partial charge in [0.25, 0.3) is 0 Å². The van der Waals surface area contributed by atoms with Crippen molar-refractivity contribution in [2.45, 2.75) is 25.4 Å². The molecule has 2 rings (SSSR count). The van der Waals surface area contributed by atoms with Crippen molar-refractivity contribution < 1.29 is 19.0 Å². The van der Waals surface area contributed by atoms with E-state index in [1.54, 1.807) is 24.3 Å². The van der Waals surface area contributed by atoms with Crippen LogP contribution in [0.5, 0.6) is 11.5 Å². The molecule has 4 heteroatoms. The minimum Gasteiger partial charge on any atom is -0.486 e. The van der Waals surface area contributed by atoms with E-state index < -0.39 is 5.97 Å². The first kappa shape index (κ1) is 15.2. The zero-order valence-electron chi connectivity index (χ0n) is 12.2. The molecule has 0 radical (unpaired) electrons. The van der Waals surface area contributed by atoms with Crippen molar-refractivity contribution in [3.8, 4) is 11.5 Å². The van der Waals surface area contributed by atoms with Crippen LogP contribution in [0.25, 0.3) is 0 Å². The van der Waals surface area contributed by atoms with Crippen LogP contribution in [0.2, 0.25) is 0 Å². The van der Waals surface area contributed by atoms with E-state index in [0.29, 0.717) is 23.7 Å². The Hall–Kier alpha value is -2.23. The Morgan fingerprint density at radius 1 is 1.43 bits per heavy atom. The van der Waals surface area contributed by atoms with Gasteiger partial charge < -0.3 is 14.2 Å². The van der Waals surface area contributed by atoms with Gasteiger partial charge in [0, 0.05) is 0 Å². The van der Waals surface area contributed by atoms with Crippen molar-refractivity contribution in [2.24, 2.45) is 0 Å². The van der Waals surface area contributed by atoms with Gasteiger partial charge in [0.05, 0.1) is 12.7 Å². The fraction of sp³-hybridized carbons (Fsp3) is 0.353. The molecule has 0 spiro atoms. The molecule has 0 amide bonds. The fourth-order valence-corrected chi connectivity index (χ4v) is 2.15. The Kier molecular flexibility index (Phi) is 5.43. The normalized spacial score (nSPS) is 17.1. The molecule has 0 N–H and O–H groups in total. The van der Waals surface area contributed by atoms with Gasteiger partial charge in [-0.15, -0.1) is 0 Å². The standard InChI is InChI=1S/C17H20O4/c1-3-11-20-16-12-13(17(18)19-2)9-10-15(16)21-14-7-5-4-6-8-14/h3,5,7,9-10,12,14H,1,4,6,8,11H2,2H3. The molecule has 1 aliphatic rings. The number of methoxy groups -OCH3 is 1. The summed E-state index contributed by atoms with van der Waals surface area (Å²) in [4.78, 5) is 11.6. The summed E-state index contributed by atoms with van der Waals surface area (Å²) < 4.78 is 16.3. The summed E-state index contributed by atoms with van der Waals surface area (Å²) in [5, 5.41) is 0. The summed E-state index contributed by atoms with van der Waals surface area (Å²) in [5.74, 6) is 0.750. The van der Waals surface area contributed by atoms with Crippen LogP contribution in [0, 0.1) is 0 Å². The van der Waals surface area contributed by atoms with E-state index in [2.05, 4.69) is 18.7 Å². The van der Waals surface area contributed by atoms with Crippen LogP contribution in [0.4, 0.5) is 0 Å². The van der Waals surface area contributed by atoms with Crippen LogP contribution in [0.3, 0.4) is 0 Å². The highest BCUT2D eigenvalue weighted by Gasteiger charge is 2.16. The van der Waals surface area contributed by atoms with Crippen molar-refractivity contribution in [3.05, 3.63) is 48.6 Å². The average Bonchev–Trinajstić information content (AvgIpc) is 2.54. The van der Waals surface area contributed by atoms with Crippen LogP contribution < -0.4 is 9.47 Å². The Morgan fingerprint density at radius 3 is 2.95 bits per heavy atom. The first-order chi connectivity index (χ1) is 10.2. The second kappa shape index (κ2) is 7.53. The second-order valence-electron chi connectivity index (χ2n) is 4.77. The van der Waals surface area contributed by atoms with Crippen molar-refractivity contribution in [1.29, 1.82) is 0 Å². The molecule has 0 heterocycles. The molecule has 0 fully saturated rings. The summed E-state index contributed by atoms with van der Waals surface area (Å²) in [6, 6.07) is 5.05. The quantitative estimate of drug-likeness (QED) is 0.593. The van der Waals surface area contributed by atoms with E-state index in [-0.39, 0.29) is 6.10 Å². The molecule has 1 aliphatic carbocycles. The molecule has 1 aromatic rings. The van der Waals surface area contributed by atoms with Crippen LogP contribution >= 0.6 is 0 Å². The van der Waals surface area contributed by atoms with E-state index in [1.165, 1.54) is 7.11 Å². The predicted molar refractivity (Wildman–Crippen MR) is 80.9 cm³/mol. The smallest absolute Gasteiger partial charge is 0.337 e. The number of hydrogen-bond acceptors (Lipinski definition) is 4. The number of carbonyl (C=O) groups is 1. The monoisotopic (exact) mass is 288 g/mol. The lowest BCUT2D eigenvalue weighted by molar-refractivity contribution is 0.0600. The van der Waals surface area contributed by atoms with Gasteiger partial charge in [-0.2, -0.15) is 0 Å². The molecule has 0 aromatic heterocycles. The maximum atomic E-state index is 11.6. The van der Waals surface area contributed by atoms with Gasteiger partial charge in [-0.25, -0.2) is 4.79 Å². The third-order valence-corrected chi connectivity index (χ3v) is 3.21. The minimum atomic E-state index is -0.400. The van der Waals surface area contributed by atoms with E-state index in [1.807, 2.05) is 0 Å². The highest BCUT2D eigenvalue weighted by Crippen LogP contribution is 2.31. The van der Waals surface area contributed by atoms with Crippen LogP contribution in [0.1, 0.15) is 29.6 Å². The van der Waals surface area contributed by atoms with Gasteiger partial charge >= 0.3 is 5.97 Å². The summed E-state index contributed by atoms with van der Waals surface area (Å²) >= 11 is 0. The second-order valence-corrected chi connectivity index (χ2v) is 4.77. The van der Waals surface area contributed by atoms with E-state index >= 15 is 0 Å². The zero-order valence-corrected chi connectivity index (χ0v) is 12.2. The lowest BCUT2D eigenvalue weighted by Gasteiger charge is -2.20. The maximum Gasteiger partial charge on any atom is 0.337 e. The van der Waals surface area contributed by atoms with Crippen molar-refractivity contribution >= 4 is 5.97 Å². The zero-order chi connectivity index (χ0) is 15.1. The van der Waals surface area contributed by atoms with Gasteiger partial charge in [-0.05, 0) is 43.5 Å². The summed E-state index contributed by atoms with van der Waals surface area (Å²) in [6.45, 7) is 3.97. The minimum absolute atomic E-state index is 0.0498. The first-order valence-corrected chi connectivity index (χ1v) is 7.04. The molecule has 21 heavy (non-hydrogen) atoms. The number of esters is 1. The Balaban J connectivity index is 2.21. The molecule has 0 saturated heterocycles. The number of hydrogen-bond donors (Lipinski definition) is 0. The fourth-order valence-electron chi connectivity index (χ4n) is 2.15. The Labute approximate surface area is 125 Å². The largest absolute Gasteiger partial charge is 0.486 e. The molecule has 112 valence electrons. The lowest BCUT2D eigenvalue weighted by Crippen LogP contribution is -2.16. The van der Waals surface area contributed by atoms with Crippen molar-refractivity contribution in [3.63, 3.8) is 0 Å². The first-order valence-electron chi connectivity index (χ1n) is 7.04. The average molecular weight is 288 g/mol. The highest BCUT2D eigenvalue weighted by atomic mass is 16.5. The highest BCUT2D eigenvalue weighted by molar-refractivity contribution is 5.90. The molecule has 0 saturated carbocycles. The number of allylic oxidation sites excluding steroid dienone is 1. The van der Waals surface area contributed by atoms with Crippen LogP contribution in [-0.4, -0.2) is 25.8 Å². The topological polar surface area (TPSA) is 44.8 Å². The van der Waals surface area contributed by atoms with Gasteiger partial charge in [0.1, 0.15) is 12.7 Å². The molecule has 1 atom stereocenters. The molecule has 4 nitrogen and oxygen atoms in total. The Morgan fingerprint density at radius 2 is 2.29 bits per heavy atom. The Bertz CT molecular complexity index is 534. The van der Waals surface area contributed by atoms with Gasteiger partial charge in [-0.1, -0.05) is 18.7 Å². The number of ether oxygens (including phenoxy) is 3. The number of carbonyl (C=O) groups excluding carboxylic acids is 1. The van der Waals surface area contributed by atoms with E-state index in [0.717, 1.165) is 19.3 Å². The van der Waals surface area contributed by atoms with Crippen LogP contribution in [-0.2, 0) is 4.74 Å². The van der Waals surface area contributed by atoms with Gasteiger partial charge in [0.2, 0.25) is 0 Å². The summed E-state index contributed by atoms with van der Waals surface area (Å²) in [7, 11) is 1.35. The molecule has 0 aliphatic heterocycles. The van der Waals surface area contributed by atoms with E-state index in [4.69, 9.17) is 14.2 Å². The molecule has 1 aromatic carbocycles. The summed E-state index contributed by atoms with van der Waals surface area (Å²) in [6.07, 6.45) is 9.08. The maximum absolute atomic E-state index is 11.6. The third kappa shape index (κ3) is 4.12. The van der Waals surface area contributed by atoms with Crippen molar-refractivity contribution in [1.82, 2.24) is 0 Å². The summed E-state index contributed by atoms with van der Waals surface area (Å²) in [5.41, 5.74) is 0.433. The molecule has 0 bridgehead atoms. The van der Waals surface area contributed by atoms with Crippen LogP contribution in [0.15, 0.2) is 43.0 Å². The molecular formula is C17H20O4. The lowest BCUT2D eigenvalue weighted by atomic mass is 10.1. The molecular weight excluding hydrogens is 268 g/mol. The SMILES string of the molecule is C=CCOc1cc(C(=O)OC)ccc1OC1C=CCCC1. The predicted octanol–water partition coefficient (Wildman–Crippen LogP) is 3.53. The number of rotatable bonds is 6.